The second-order valence-electron chi connectivity index (χ2n) is 5.85. The summed E-state index contributed by atoms with van der Waals surface area (Å²) in [4.78, 5) is 12.4. The first-order chi connectivity index (χ1) is 12.0. The molecule has 1 fully saturated rings. The number of rotatable bonds is 6. The molecule has 1 aliphatic heterocycles. The fraction of sp³-hybridized carbons (Fsp3) is 0.278. The van der Waals surface area contributed by atoms with Gasteiger partial charge in [0.2, 0.25) is 5.91 Å². The summed E-state index contributed by atoms with van der Waals surface area (Å²) in [7, 11) is -3.72. The van der Waals surface area contributed by atoms with Crippen LogP contribution in [0.5, 0.6) is 0 Å². The van der Waals surface area contributed by atoms with Crippen LogP contribution in [0.2, 0.25) is 0 Å². The highest BCUT2D eigenvalue weighted by molar-refractivity contribution is 7.92. The maximum Gasteiger partial charge on any atom is 0.261 e. The van der Waals surface area contributed by atoms with Crippen LogP contribution in [-0.4, -0.2) is 27.0 Å². The van der Waals surface area contributed by atoms with Crippen LogP contribution < -0.4 is 10.0 Å². The van der Waals surface area contributed by atoms with Crippen molar-refractivity contribution in [3.8, 4) is 0 Å². The molecule has 2 aromatic rings. The third-order valence-electron chi connectivity index (χ3n) is 3.94. The third-order valence-corrected chi connectivity index (χ3v) is 5.32. The zero-order valence-corrected chi connectivity index (χ0v) is 14.5. The SMILES string of the molecule is O=C(CC1CCCO1)Nc1ccccc1NS(=O)(=O)c1ccccc1. The fourth-order valence-corrected chi connectivity index (χ4v) is 3.80. The monoisotopic (exact) mass is 360 g/mol. The van der Waals surface area contributed by atoms with Crippen molar-refractivity contribution < 1.29 is 17.9 Å². The summed E-state index contributed by atoms with van der Waals surface area (Å²) < 4.78 is 32.9. The van der Waals surface area contributed by atoms with Crippen LogP contribution in [0.25, 0.3) is 0 Å². The molecule has 6 nitrogen and oxygen atoms in total. The maximum atomic E-state index is 12.5. The highest BCUT2D eigenvalue weighted by Crippen LogP contribution is 2.25. The molecule has 0 spiro atoms. The van der Waals surface area contributed by atoms with Crippen LogP contribution in [-0.2, 0) is 19.6 Å². The molecule has 25 heavy (non-hydrogen) atoms. The van der Waals surface area contributed by atoms with Crippen molar-refractivity contribution in [2.75, 3.05) is 16.6 Å². The van der Waals surface area contributed by atoms with Crippen LogP contribution >= 0.6 is 0 Å². The Morgan fingerprint density at radius 1 is 1.04 bits per heavy atom. The maximum absolute atomic E-state index is 12.5. The molecule has 1 heterocycles. The largest absolute Gasteiger partial charge is 0.378 e. The van der Waals surface area contributed by atoms with E-state index in [4.69, 9.17) is 4.74 Å². The first kappa shape index (κ1) is 17.4. The highest BCUT2D eigenvalue weighted by Gasteiger charge is 2.20. The molecule has 0 radical (unpaired) electrons. The minimum absolute atomic E-state index is 0.0619. The molecule has 1 aliphatic rings. The van der Waals surface area contributed by atoms with E-state index < -0.39 is 10.0 Å². The molecule has 1 atom stereocenters. The number of hydrogen-bond acceptors (Lipinski definition) is 4. The lowest BCUT2D eigenvalue weighted by molar-refractivity contribution is -0.118. The molecule has 1 amide bonds. The number of benzene rings is 2. The van der Waals surface area contributed by atoms with Gasteiger partial charge in [-0.05, 0) is 37.1 Å². The molecular weight excluding hydrogens is 340 g/mol. The van der Waals surface area contributed by atoms with E-state index in [1.807, 2.05) is 0 Å². The van der Waals surface area contributed by atoms with Crippen molar-refractivity contribution in [1.29, 1.82) is 0 Å². The Labute approximate surface area is 147 Å². The second kappa shape index (κ2) is 7.67. The topological polar surface area (TPSA) is 84.5 Å². The number of para-hydroxylation sites is 2. The van der Waals surface area contributed by atoms with Crippen LogP contribution in [0.1, 0.15) is 19.3 Å². The molecule has 1 saturated heterocycles. The molecule has 0 aromatic heterocycles. The molecule has 0 saturated carbocycles. The Bertz CT molecular complexity index is 831. The molecule has 3 rings (SSSR count). The molecule has 0 bridgehead atoms. The predicted octanol–water partition coefficient (Wildman–Crippen LogP) is 3.00. The van der Waals surface area contributed by atoms with E-state index in [0.717, 1.165) is 12.8 Å². The lowest BCUT2D eigenvalue weighted by Crippen LogP contribution is -2.21. The van der Waals surface area contributed by atoms with Crippen molar-refractivity contribution in [3.63, 3.8) is 0 Å². The lowest BCUT2D eigenvalue weighted by Gasteiger charge is -2.14. The Morgan fingerprint density at radius 2 is 1.72 bits per heavy atom. The summed E-state index contributed by atoms with van der Waals surface area (Å²) in [5, 5.41) is 2.77. The van der Waals surface area contributed by atoms with Crippen molar-refractivity contribution >= 4 is 27.3 Å². The van der Waals surface area contributed by atoms with Crippen molar-refractivity contribution in [2.45, 2.75) is 30.3 Å². The molecule has 1 unspecified atom stereocenters. The molecular formula is C18H20N2O4S. The van der Waals surface area contributed by atoms with Gasteiger partial charge in [0, 0.05) is 6.61 Å². The predicted molar refractivity (Wildman–Crippen MR) is 95.9 cm³/mol. The van der Waals surface area contributed by atoms with Gasteiger partial charge in [0.15, 0.2) is 0 Å². The van der Waals surface area contributed by atoms with Gasteiger partial charge >= 0.3 is 0 Å². The van der Waals surface area contributed by atoms with Gasteiger partial charge in [-0.25, -0.2) is 8.42 Å². The summed E-state index contributed by atoms with van der Waals surface area (Å²) in [6.45, 7) is 0.686. The fourth-order valence-electron chi connectivity index (χ4n) is 2.70. The van der Waals surface area contributed by atoms with Gasteiger partial charge in [0.1, 0.15) is 0 Å². The minimum Gasteiger partial charge on any atom is -0.378 e. The summed E-state index contributed by atoms with van der Waals surface area (Å²) in [6, 6.07) is 14.8. The average Bonchev–Trinajstić information content (AvgIpc) is 3.10. The highest BCUT2D eigenvalue weighted by atomic mass is 32.2. The number of amides is 1. The van der Waals surface area contributed by atoms with Crippen LogP contribution in [0, 0.1) is 0 Å². The van der Waals surface area contributed by atoms with E-state index in [1.54, 1.807) is 42.5 Å². The second-order valence-corrected chi connectivity index (χ2v) is 7.53. The van der Waals surface area contributed by atoms with E-state index >= 15 is 0 Å². The van der Waals surface area contributed by atoms with Gasteiger partial charge in [0.25, 0.3) is 10.0 Å². The summed E-state index contributed by atoms with van der Waals surface area (Å²) in [5.41, 5.74) is 0.747. The molecule has 2 N–H and O–H groups in total. The Kier molecular flexibility index (Phi) is 5.35. The first-order valence-corrected chi connectivity index (χ1v) is 9.61. The standard InChI is InChI=1S/C18H20N2O4S/c21-18(13-14-7-6-12-24-14)19-16-10-4-5-11-17(16)20-25(22,23)15-8-2-1-3-9-15/h1-5,8-11,14,20H,6-7,12-13H2,(H,19,21). The number of sulfonamides is 1. The Hall–Kier alpha value is -2.38. The number of anilines is 2. The van der Waals surface area contributed by atoms with E-state index in [1.165, 1.54) is 12.1 Å². The van der Waals surface area contributed by atoms with Gasteiger partial charge in [-0.2, -0.15) is 0 Å². The first-order valence-electron chi connectivity index (χ1n) is 8.13. The van der Waals surface area contributed by atoms with Gasteiger partial charge < -0.3 is 10.1 Å². The Balaban J connectivity index is 1.73. The van der Waals surface area contributed by atoms with Crippen molar-refractivity contribution in [2.24, 2.45) is 0 Å². The molecule has 132 valence electrons. The van der Waals surface area contributed by atoms with E-state index in [9.17, 15) is 13.2 Å². The normalized spacial score (nSPS) is 17.2. The summed E-state index contributed by atoms with van der Waals surface area (Å²) >= 11 is 0. The number of carbonyl (C=O) groups is 1. The van der Waals surface area contributed by atoms with Gasteiger partial charge in [-0.15, -0.1) is 0 Å². The lowest BCUT2D eigenvalue weighted by atomic mass is 10.1. The zero-order chi connectivity index (χ0) is 17.7. The smallest absolute Gasteiger partial charge is 0.261 e. The average molecular weight is 360 g/mol. The van der Waals surface area contributed by atoms with Gasteiger partial charge in [-0.1, -0.05) is 30.3 Å². The van der Waals surface area contributed by atoms with Crippen molar-refractivity contribution in [3.05, 3.63) is 54.6 Å². The summed E-state index contributed by atoms with van der Waals surface area (Å²) in [5.74, 6) is -0.196. The van der Waals surface area contributed by atoms with E-state index in [0.29, 0.717) is 18.0 Å². The van der Waals surface area contributed by atoms with E-state index in [2.05, 4.69) is 10.0 Å². The molecule has 0 aliphatic carbocycles. The third kappa shape index (κ3) is 4.58. The number of carbonyl (C=O) groups excluding carboxylic acids is 1. The molecule has 7 heteroatoms. The minimum atomic E-state index is -3.72. The van der Waals surface area contributed by atoms with Crippen molar-refractivity contribution in [1.82, 2.24) is 0 Å². The quantitative estimate of drug-likeness (QED) is 0.829. The number of ether oxygens (including phenoxy) is 1. The zero-order valence-electron chi connectivity index (χ0n) is 13.6. The van der Waals surface area contributed by atoms with Crippen LogP contribution in [0.3, 0.4) is 0 Å². The Morgan fingerprint density at radius 3 is 2.40 bits per heavy atom. The van der Waals surface area contributed by atoms with Gasteiger partial charge in [-0.3, -0.25) is 9.52 Å². The van der Waals surface area contributed by atoms with Crippen LogP contribution in [0.15, 0.2) is 59.5 Å². The van der Waals surface area contributed by atoms with E-state index in [-0.39, 0.29) is 23.3 Å². The number of nitrogens with one attached hydrogen (secondary N) is 2. The van der Waals surface area contributed by atoms with Gasteiger partial charge in [0.05, 0.1) is 28.8 Å². The summed E-state index contributed by atoms with van der Waals surface area (Å²) in [6.07, 6.45) is 2.04. The van der Waals surface area contributed by atoms with Crippen LogP contribution in [0.4, 0.5) is 11.4 Å². The number of hydrogen-bond donors (Lipinski definition) is 2. The molecule has 2 aromatic carbocycles.